The molecule has 3 aromatic rings. The Balaban J connectivity index is 1.99. The lowest BCUT2D eigenvalue weighted by molar-refractivity contribution is 0.0600. The summed E-state index contributed by atoms with van der Waals surface area (Å²) in [6.07, 6.45) is 0. The third-order valence-corrected chi connectivity index (χ3v) is 3.35. The number of carbonyl (C=O) groups is 2. The number of carboxylic acids is 1. The van der Waals surface area contributed by atoms with Gasteiger partial charge in [0.15, 0.2) is 0 Å². The molecule has 0 aliphatic rings. The number of carboxylic acid groups (broad SMARTS) is 1. The van der Waals surface area contributed by atoms with Crippen LogP contribution in [0, 0.1) is 0 Å². The molecular formula is C17H12O5. The summed E-state index contributed by atoms with van der Waals surface area (Å²) in [6, 6.07) is 13.3. The normalized spacial score (nSPS) is 10.6. The van der Waals surface area contributed by atoms with E-state index in [1.54, 1.807) is 42.5 Å². The van der Waals surface area contributed by atoms with E-state index in [-0.39, 0.29) is 5.56 Å². The van der Waals surface area contributed by atoms with Crippen LogP contribution >= 0.6 is 0 Å². The fraction of sp³-hybridized carbons (Fsp3) is 0.0588. The van der Waals surface area contributed by atoms with Crippen LogP contribution in [0.5, 0.6) is 0 Å². The highest BCUT2D eigenvalue weighted by Gasteiger charge is 2.11. The van der Waals surface area contributed by atoms with Crippen molar-refractivity contribution in [2.45, 2.75) is 0 Å². The molecule has 110 valence electrons. The average Bonchev–Trinajstić information content (AvgIpc) is 2.97. The first-order valence-corrected chi connectivity index (χ1v) is 6.54. The Morgan fingerprint density at radius 1 is 1.00 bits per heavy atom. The fourth-order valence-electron chi connectivity index (χ4n) is 2.21. The van der Waals surface area contributed by atoms with Crippen LogP contribution in [0.15, 0.2) is 52.9 Å². The van der Waals surface area contributed by atoms with Gasteiger partial charge in [-0.05, 0) is 36.4 Å². The second-order valence-electron chi connectivity index (χ2n) is 4.74. The van der Waals surface area contributed by atoms with Gasteiger partial charge in [0.25, 0.3) is 0 Å². The molecule has 1 aromatic heterocycles. The van der Waals surface area contributed by atoms with Gasteiger partial charge in [0, 0.05) is 10.9 Å². The molecule has 0 aliphatic carbocycles. The molecule has 2 aromatic carbocycles. The van der Waals surface area contributed by atoms with E-state index < -0.39 is 11.9 Å². The Kier molecular flexibility index (Phi) is 3.39. The van der Waals surface area contributed by atoms with E-state index in [1.807, 2.05) is 0 Å². The van der Waals surface area contributed by atoms with Crippen molar-refractivity contribution in [3.8, 4) is 11.3 Å². The van der Waals surface area contributed by atoms with Gasteiger partial charge in [-0.1, -0.05) is 12.1 Å². The Hall–Kier alpha value is -3.08. The summed E-state index contributed by atoms with van der Waals surface area (Å²) >= 11 is 0. The molecular weight excluding hydrogens is 284 g/mol. The van der Waals surface area contributed by atoms with Gasteiger partial charge in [0.05, 0.1) is 18.2 Å². The van der Waals surface area contributed by atoms with E-state index >= 15 is 0 Å². The Labute approximate surface area is 125 Å². The number of aromatic carboxylic acids is 1. The van der Waals surface area contributed by atoms with E-state index in [2.05, 4.69) is 4.74 Å². The van der Waals surface area contributed by atoms with Crippen molar-refractivity contribution in [2.75, 3.05) is 7.11 Å². The number of methoxy groups -OCH3 is 1. The van der Waals surface area contributed by atoms with Gasteiger partial charge in [-0.15, -0.1) is 0 Å². The average molecular weight is 296 g/mol. The highest BCUT2D eigenvalue weighted by atomic mass is 16.5. The second kappa shape index (κ2) is 5.37. The lowest BCUT2D eigenvalue weighted by Gasteiger charge is -2.00. The van der Waals surface area contributed by atoms with Gasteiger partial charge in [0.1, 0.15) is 11.3 Å². The molecule has 0 saturated heterocycles. The van der Waals surface area contributed by atoms with E-state index in [4.69, 9.17) is 9.52 Å². The molecule has 1 N–H and O–H groups in total. The molecule has 0 radical (unpaired) electrons. The molecule has 5 heteroatoms. The minimum atomic E-state index is -0.980. The van der Waals surface area contributed by atoms with Crippen molar-refractivity contribution >= 4 is 22.9 Å². The lowest BCUT2D eigenvalue weighted by Crippen LogP contribution is -2.00. The number of hydrogen-bond acceptors (Lipinski definition) is 4. The van der Waals surface area contributed by atoms with Gasteiger partial charge >= 0.3 is 11.9 Å². The number of rotatable bonds is 3. The van der Waals surface area contributed by atoms with Crippen molar-refractivity contribution in [1.29, 1.82) is 0 Å². The zero-order chi connectivity index (χ0) is 15.7. The molecule has 1 heterocycles. The maximum atomic E-state index is 11.4. The van der Waals surface area contributed by atoms with Gasteiger partial charge in [-0.25, -0.2) is 9.59 Å². The Bertz CT molecular complexity index is 858. The molecule has 0 atom stereocenters. The molecule has 0 bridgehead atoms. The molecule has 0 aliphatic heterocycles. The quantitative estimate of drug-likeness (QED) is 0.747. The maximum Gasteiger partial charge on any atom is 0.337 e. The molecule has 0 spiro atoms. The number of esters is 1. The number of hydrogen-bond donors (Lipinski definition) is 1. The first-order chi connectivity index (χ1) is 10.6. The van der Waals surface area contributed by atoms with Gasteiger partial charge < -0.3 is 14.3 Å². The fourth-order valence-corrected chi connectivity index (χ4v) is 2.21. The summed E-state index contributed by atoms with van der Waals surface area (Å²) in [5.74, 6) is -0.775. The zero-order valence-electron chi connectivity index (χ0n) is 11.7. The van der Waals surface area contributed by atoms with Gasteiger partial charge in [0.2, 0.25) is 0 Å². The summed E-state index contributed by atoms with van der Waals surface area (Å²) in [4.78, 5) is 22.4. The maximum absolute atomic E-state index is 11.4. The summed E-state index contributed by atoms with van der Waals surface area (Å²) in [5, 5.41) is 9.71. The number of fused-ring (bicyclic) bond motifs is 1. The van der Waals surface area contributed by atoms with Crippen LogP contribution in [0.25, 0.3) is 22.3 Å². The molecule has 0 unspecified atom stereocenters. The van der Waals surface area contributed by atoms with Crippen molar-refractivity contribution in [2.24, 2.45) is 0 Å². The van der Waals surface area contributed by atoms with Crippen LogP contribution in [0.3, 0.4) is 0 Å². The first-order valence-electron chi connectivity index (χ1n) is 6.54. The topological polar surface area (TPSA) is 76.7 Å². The van der Waals surface area contributed by atoms with E-state index in [0.717, 1.165) is 5.56 Å². The SMILES string of the molecule is COC(=O)c1ccc(-c2cc3cc(C(=O)O)ccc3o2)cc1. The van der Waals surface area contributed by atoms with Gasteiger partial charge in [-0.2, -0.15) is 0 Å². The van der Waals surface area contributed by atoms with Crippen molar-refractivity contribution in [1.82, 2.24) is 0 Å². The zero-order valence-corrected chi connectivity index (χ0v) is 11.7. The summed E-state index contributed by atoms with van der Waals surface area (Å²) in [5.41, 5.74) is 2.06. The number of furan rings is 1. The standard InChI is InChI=1S/C17H12O5/c1-21-17(20)11-4-2-10(3-5-11)15-9-13-8-12(16(18)19)6-7-14(13)22-15/h2-9H,1H3,(H,18,19). The van der Waals surface area contributed by atoms with Crippen LogP contribution in [0.1, 0.15) is 20.7 Å². The third-order valence-electron chi connectivity index (χ3n) is 3.35. The van der Waals surface area contributed by atoms with Crippen molar-refractivity contribution in [3.05, 3.63) is 59.7 Å². The van der Waals surface area contributed by atoms with Crippen LogP contribution in [-0.2, 0) is 4.74 Å². The second-order valence-corrected chi connectivity index (χ2v) is 4.74. The van der Waals surface area contributed by atoms with E-state index in [1.165, 1.54) is 13.2 Å². The smallest absolute Gasteiger partial charge is 0.337 e. The summed E-state index contributed by atoms with van der Waals surface area (Å²) in [6.45, 7) is 0. The van der Waals surface area contributed by atoms with Crippen molar-refractivity contribution < 1.29 is 23.8 Å². The lowest BCUT2D eigenvalue weighted by atomic mass is 10.1. The third kappa shape index (κ3) is 2.44. The minimum Gasteiger partial charge on any atom is -0.478 e. The van der Waals surface area contributed by atoms with E-state index in [0.29, 0.717) is 22.3 Å². The molecule has 0 amide bonds. The van der Waals surface area contributed by atoms with Crippen LogP contribution in [-0.4, -0.2) is 24.2 Å². The summed E-state index contributed by atoms with van der Waals surface area (Å²) in [7, 11) is 1.33. The minimum absolute atomic E-state index is 0.209. The van der Waals surface area contributed by atoms with Crippen LogP contribution in [0.4, 0.5) is 0 Å². The summed E-state index contributed by atoms with van der Waals surface area (Å²) < 4.78 is 10.4. The van der Waals surface area contributed by atoms with Crippen LogP contribution < -0.4 is 0 Å². The number of benzene rings is 2. The molecule has 22 heavy (non-hydrogen) atoms. The first kappa shape index (κ1) is 13.9. The predicted octanol–water partition coefficient (Wildman–Crippen LogP) is 3.58. The molecule has 5 nitrogen and oxygen atoms in total. The van der Waals surface area contributed by atoms with Crippen LogP contribution in [0.2, 0.25) is 0 Å². The monoisotopic (exact) mass is 296 g/mol. The predicted molar refractivity (Wildman–Crippen MR) is 79.9 cm³/mol. The Morgan fingerprint density at radius 3 is 2.32 bits per heavy atom. The molecule has 0 saturated carbocycles. The largest absolute Gasteiger partial charge is 0.478 e. The Morgan fingerprint density at radius 2 is 1.68 bits per heavy atom. The van der Waals surface area contributed by atoms with Gasteiger partial charge in [-0.3, -0.25) is 0 Å². The molecule has 0 fully saturated rings. The highest BCUT2D eigenvalue weighted by molar-refractivity contribution is 5.94. The molecule has 3 rings (SSSR count). The number of carbonyl (C=O) groups excluding carboxylic acids is 1. The van der Waals surface area contributed by atoms with Crippen molar-refractivity contribution in [3.63, 3.8) is 0 Å². The van der Waals surface area contributed by atoms with E-state index in [9.17, 15) is 9.59 Å². The number of ether oxygens (including phenoxy) is 1. The highest BCUT2D eigenvalue weighted by Crippen LogP contribution is 2.28.